The van der Waals surface area contributed by atoms with Crippen LogP contribution in [-0.4, -0.2) is 140 Å². The molecule has 4 aromatic rings. The van der Waals surface area contributed by atoms with E-state index in [1.807, 2.05) is 37.4 Å². The molecule has 5 rings (SSSR count). The van der Waals surface area contributed by atoms with Gasteiger partial charge in [0.2, 0.25) is 0 Å². The minimum Gasteiger partial charge on any atom is -0.427 e. The standard InChI is InChI=1S/C47H64BN7O7/c1-6-55(7-2)39-18-19-43(41(34-39)44-33-37(20-21-49-44)46(57)51-42-17-11-13-35-12-8-9-16-40(35)42)52-45(56)36-14-10-15-38(32-36)47(58)54(4)24-23-53(3)25-27-61-29-31-62-30-28-60-26-22-50-48-59-5/h8-10,12,14-16,18-21,32-34,42,48,50H,6-7,11,13,17,22-31H2,1-5H3,(H,51,57)(H,52,56)/t42-/m0/s1. The van der Waals surface area contributed by atoms with Gasteiger partial charge in [0, 0.05) is 87.6 Å². The molecule has 1 aliphatic rings. The van der Waals surface area contributed by atoms with Gasteiger partial charge in [-0.3, -0.25) is 19.4 Å². The third-order valence-electron chi connectivity index (χ3n) is 10.9. The first-order chi connectivity index (χ1) is 30.2. The van der Waals surface area contributed by atoms with Crippen LogP contribution in [0.3, 0.4) is 0 Å². The number of hydrogen-bond donors (Lipinski definition) is 3. The number of nitrogens with one attached hydrogen (secondary N) is 3. The molecule has 0 spiro atoms. The van der Waals surface area contributed by atoms with Crippen LogP contribution in [0.2, 0.25) is 0 Å². The Kier molecular flexibility index (Phi) is 19.9. The summed E-state index contributed by atoms with van der Waals surface area (Å²) in [7, 11) is 5.89. The molecule has 0 bridgehead atoms. The Balaban J connectivity index is 1.15. The summed E-state index contributed by atoms with van der Waals surface area (Å²) in [6, 6.07) is 24.3. The number of likely N-dealkylation sites (N-methyl/N-ethyl adjacent to an activating group) is 2. The SMILES string of the molecule is CCN(CC)c1ccc(NC(=O)c2cccc(C(=O)N(C)CCN(C)CCOCCOCCOCCNBOC)c2)c(-c2cc(C(=O)N[C@H]3CCCc4ccccc43)ccn2)c1. The fourth-order valence-electron chi connectivity index (χ4n) is 7.33. The van der Waals surface area contributed by atoms with Crippen molar-refractivity contribution >= 4 is 36.7 Å². The van der Waals surface area contributed by atoms with E-state index in [1.165, 1.54) is 11.1 Å². The highest BCUT2D eigenvalue weighted by Gasteiger charge is 2.23. The number of aromatic nitrogens is 1. The van der Waals surface area contributed by atoms with Gasteiger partial charge in [-0.25, -0.2) is 0 Å². The minimum absolute atomic E-state index is 0.0625. The fourth-order valence-corrected chi connectivity index (χ4v) is 7.33. The number of ether oxygens (including phenoxy) is 3. The third kappa shape index (κ3) is 14.5. The van der Waals surface area contributed by atoms with Gasteiger partial charge in [0.05, 0.1) is 57.1 Å². The Morgan fingerprint density at radius 1 is 0.774 bits per heavy atom. The lowest BCUT2D eigenvalue weighted by molar-refractivity contribution is 0.0123. The highest BCUT2D eigenvalue weighted by atomic mass is 16.5. The molecular formula is C47H64BN7O7. The van der Waals surface area contributed by atoms with Crippen LogP contribution in [0.1, 0.15) is 74.9 Å². The first kappa shape index (κ1) is 47.9. The van der Waals surface area contributed by atoms with Crippen LogP contribution in [0.25, 0.3) is 11.3 Å². The largest absolute Gasteiger partial charge is 0.427 e. The van der Waals surface area contributed by atoms with E-state index in [4.69, 9.17) is 18.9 Å². The number of aryl methyl sites for hydroxylation is 1. The summed E-state index contributed by atoms with van der Waals surface area (Å²) in [6.07, 6.45) is 4.53. The first-order valence-corrected chi connectivity index (χ1v) is 21.7. The second-order valence-electron chi connectivity index (χ2n) is 15.3. The molecule has 0 radical (unpaired) electrons. The van der Waals surface area contributed by atoms with Crippen molar-refractivity contribution < 1.29 is 33.2 Å². The Morgan fingerprint density at radius 3 is 2.27 bits per heavy atom. The number of hydrogen-bond acceptors (Lipinski definition) is 11. The van der Waals surface area contributed by atoms with Crippen LogP contribution in [0.15, 0.2) is 85.1 Å². The monoisotopic (exact) mass is 849 g/mol. The van der Waals surface area contributed by atoms with E-state index in [1.54, 1.807) is 61.7 Å². The van der Waals surface area contributed by atoms with Gasteiger partial charge in [-0.2, -0.15) is 0 Å². The molecule has 3 amide bonds. The number of carbonyl (C=O) groups excluding carboxylic acids is 3. The minimum atomic E-state index is -0.367. The molecule has 1 heterocycles. The predicted octanol–water partition coefficient (Wildman–Crippen LogP) is 5.21. The number of pyridine rings is 1. The molecular weight excluding hydrogens is 785 g/mol. The number of amides is 3. The summed E-state index contributed by atoms with van der Waals surface area (Å²) < 4.78 is 21.7. The van der Waals surface area contributed by atoms with Crippen molar-refractivity contribution in [2.24, 2.45) is 0 Å². The van der Waals surface area contributed by atoms with E-state index in [-0.39, 0.29) is 23.8 Å². The predicted molar refractivity (Wildman–Crippen MR) is 246 cm³/mol. The molecule has 0 fully saturated rings. The average Bonchev–Trinajstić information content (AvgIpc) is 3.30. The number of fused-ring (bicyclic) bond motifs is 1. The van der Waals surface area contributed by atoms with Gasteiger partial charge in [0.1, 0.15) is 0 Å². The van der Waals surface area contributed by atoms with Gasteiger partial charge in [-0.05, 0) is 99.8 Å². The van der Waals surface area contributed by atoms with Gasteiger partial charge in [-0.1, -0.05) is 30.3 Å². The van der Waals surface area contributed by atoms with E-state index in [9.17, 15) is 14.4 Å². The van der Waals surface area contributed by atoms with Gasteiger partial charge in [0.25, 0.3) is 17.7 Å². The van der Waals surface area contributed by atoms with Crippen molar-refractivity contribution in [2.45, 2.75) is 39.2 Å². The van der Waals surface area contributed by atoms with Crippen molar-refractivity contribution in [3.8, 4) is 11.3 Å². The number of nitrogens with zero attached hydrogens (tertiary/aromatic N) is 4. The Bertz CT molecular complexity index is 2030. The Labute approximate surface area is 367 Å². The van der Waals surface area contributed by atoms with Crippen LogP contribution < -0.4 is 20.8 Å². The van der Waals surface area contributed by atoms with Crippen LogP contribution in [0, 0.1) is 0 Å². The Hall–Kier alpha value is -5.16. The summed E-state index contributed by atoms with van der Waals surface area (Å²) in [6.45, 7) is 11.5. The summed E-state index contributed by atoms with van der Waals surface area (Å²) in [5, 5.41) is 9.41. The Morgan fingerprint density at radius 2 is 1.50 bits per heavy atom. The van der Waals surface area contributed by atoms with Crippen molar-refractivity contribution in [3.05, 3.63) is 113 Å². The zero-order chi connectivity index (χ0) is 44.1. The molecule has 1 atom stereocenters. The quantitative estimate of drug-likeness (QED) is 0.0566. The summed E-state index contributed by atoms with van der Waals surface area (Å²) in [5.41, 5.74) is 6.43. The molecule has 0 unspecified atom stereocenters. The first-order valence-electron chi connectivity index (χ1n) is 21.7. The highest BCUT2D eigenvalue weighted by Crippen LogP contribution is 2.33. The molecule has 3 N–H and O–H groups in total. The topological polar surface area (TPSA) is 147 Å². The number of carbonyl (C=O) groups is 3. The maximum absolute atomic E-state index is 13.9. The van der Waals surface area contributed by atoms with E-state index in [0.29, 0.717) is 101 Å². The van der Waals surface area contributed by atoms with Gasteiger partial charge >= 0.3 is 7.62 Å². The van der Waals surface area contributed by atoms with Crippen molar-refractivity contribution in [1.29, 1.82) is 0 Å². The second kappa shape index (κ2) is 25.7. The average molecular weight is 850 g/mol. The fraction of sp³-hybridized carbons (Fsp3) is 0.447. The molecule has 0 saturated carbocycles. The van der Waals surface area contributed by atoms with E-state index < -0.39 is 0 Å². The maximum atomic E-state index is 13.9. The van der Waals surface area contributed by atoms with Gasteiger partial charge in [0.15, 0.2) is 0 Å². The van der Waals surface area contributed by atoms with Crippen LogP contribution in [0.4, 0.5) is 11.4 Å². The molecule has 62 heavy (non-hydrogen) atoms. The molecule has 3 aromatic carbocycles. The summed E-state index contributed by atoms with van der Waals surface area (Å²) in [5.74, 6) is -0.725. The number of rotatable bonds is 26. The highest BCUT2D eigenvalue weighted by molar-refractivity contribution is 6.23. The lowest BCUT2D eigenvalue weighted by atomic mass is 9.87. The van der Waals surface area contributed by atoms with E-state index >= 15 is 0 Å². The second-order valence-corrected chi connectivity index (χ2v) is 15.3. The summed E-state index contributed by atoms with van der Waals surface area (Å²) in [4.78, 5) is 51.8. The summed E-state index contributed by atoms with van der Waals surface area (Å²) >= 11 is 0. The molecule has 1 aliphatic carbocycles. The van der Waals surface area contributed by atoms with Gasteiger partial charge < -0.3 is 49.4 Å². The van der Waals surface area contributed by atoms with Crippen LogP contribution >= 0.6 is 0 Å². The normalized spacial score (nSPS) is 13.4. The number of benzene rings is 3. The smallest absolute Gasteiger partial charge is 0.360 e. The van der Waals surface area contributed by atoms with Crippen molar-refractivity contribution in [3.63, 3.8) is 0 Å². The molecule has 1 aromatic heterocycles. The molecule has 14 nitrogen and oxygen atoms in total. The van der Waals surface area contributed by atoms with Gasteiger partial charge in [-0.15, -0.1) is 0 Å². The van der Waals surface area contributed by atoms with E-state index in [0.717, 1.165) is 44.6 Å². The van der Waals surface area contributed by atoms with Crippen LogP contribution in [-0.2, 0) is 25.3 Å². The third-order valence-corrected chi connectivity index (χ3v) is 10.9. The van der Waals surface area contributed by atoms with Crippen LogP contribution in [0.5, 0.6) is 0 Å². The zero-order valence-electron chi connectivity index (χ0n) is 37.1. The molecule has 0 aliphatic heterocycles. The molecule has 332 valence electrons. The van der Waals surface area contributed by atoms with E-state index in [2.05, 4.69) is 56.6 Å². The lowest BCUT2D eigenvalue weighted by Crippen LogP contribution is -2.36. The maximum Gasteiger partial charge on any atom is 0.360 e. The molecule has 0 saturated heterocycles. The molecule has 15 heteroatoms. The number of anilines is 2. The van der Waals surface area contributed by atoms with Crippen molar-refractivity contribution in [1.82, 2.24) is 25.3 Å². The zero-order valence-corrected chi connectivity index (χ0v) is 37.1. The van der Waals surface area contributed by atoms with Crippen molar-refractivity contribution in [2.75, 3.05) is 110 Å². The lowest BCUT2D eigenvalue weighted by Gasteiger charge is -2.26.